The Labute approximate surface area is 111 Å². The topological polar surface area (TPSA) is 32.3 Å². The molecule has 2 atom stereocenters. The van der Waals surface area contributed by atoms with Gasteiger partial charge in [0, 0.05) is 12.1 Å². The number of nitrogens with one attached hydrogen (secondary N) is 1. The quantitative estimate of drug-likeness (QED) is 0.779. The van der Waals surface area contributed by atoms with Crippen LogP contribution in [0.1, 0.15) is 38.3 Å². The van der Waals surface area contributed by atoms with Crippen molar-refractivity contribution in [3.63, 3.8) is 0 Å². The van der Waals surface area contributed by atoms with E-state index < -0.39 is 0 Å². The number of hydrogen-bond acceptors (Lipinski definition) is 2. The first-order valence-electron chi connectivity index (χ1n) is 6.95. The third-order valence-corrected chi connectivity index (χ3v) is 3.45. The minimum atomic E-state index is 0.206. The minimum absolute atomic E-state index is 0.206. The van der Waals surface area contributed by atoms with Gasteiger partial charge in [-0.25, -0.2) is 0 Å². The molecule has 1 rings (SSSR count). The van der Waals surface area contributed by atoms with Crippen molar-refractivity contribution >= 4 is 0 Å². The van der Waals surface area contributed by atoms with Gasteiger partial charge in [-0.15, -0.1) is 0 Å². The summed E-state index contributed by atoms with van der Waals surface area (Å²) in [5, 5.41) is 12.8. The third kappa shape index (κ3) is 5.19. The third-order valence-electron chi connectivity index (χ3n) is 3.45. The van der Waals surface area contributed by atoms with Gasteiger partial charge in [-0.3, -0.25) is 0 Å². The molecule has 0 aliphatic rings. The molecule has 1 aromatic rings. The van der Waals surface area contributed by atoms with Crippen LogP contribution in [0.2, 0.25) is 0 Å². The van der Waals surface area contributed by atoms with Gasteiger partial charge >= 0.3 is 0 Å². The summed E-state index contributed by atoms with van der Waals surface area (Å²) in [6.07, 6.45) is 2.19. The number of aryl methyl sites for hydroxylation is 2. The molecule has 0 heterocycles. The standard InChI is InChI=1S/C16H27NO/c1-12(2)16(11-18)17-14(4)8-9-15-7-5-6-13(3)10-15/h5-7,10,12,14,16-18H,8-9,11H2,1-4H3/t14?,16-/m1/s1. The van der Waals surface area contributed by atoms with Crippen LogP contribution in [0, 0.1) is 12.8 Å². The molecule has 2 nitrogen and oxygen atoms in total. The molecular weight excluding hydrogens is 222 g/mol. The number of benzene rings is 1. The fraction of sp³-hybridized carbons (Fsp3) is 0.625. The van der Waals surface area contributed by atoms with E-state index in [1.165, 1.54) is 11.1 Å². The summed E-state index contributed by atoms with van der Waals surface area (Å²) in [6.45, 7) is 8.82. The van der Waals surface area contributed by atoms with Gasteiger partial charge in [-0.1, -0.05) is 43.7 Å². The first-order chi connectivity index (χ1) is 8.52. The zero-order valence-electron chi connectivity index (χ0n) is 12.1. The summed E-state index contributed by atoms with van der Waals surface area (Å²) in [5.74, 6) is 0.469. The maximum atomic E-state index is 9.30. The van der Waals surface area contributed by atoms with E-state index >= 15 is 0 Å². The largest absolute Gasteiger partial charge is 0.395 e. The highest BCUT2D eigenvalue weighted by Gasteiger charge is 2.14. The maximum absolute atomic E-state index is 9.30. The van der Waals surface area contributed by atoms with E-state index in [-0.39, 0.29) is 12.6 Å². The predicted octanol–water partition coefficient (Wildman–Crippen LogP) is 2.92. The predicted molar refractivity (Wildman–Crippen MR) is 77.8 cm³/mol. The summed E-state index contributed by atoms with van der Waals surface area (Å²) in [4.78, 5) is 0. The monoisotopic (exact) mass is 249 g/mol. The second-order valence-electron chi connectivity index (χ2n) is 5.63. The van der Waals surface area contributed by atoms with Crippen LogP contribution in [0.3, 0.4) is 0 Å². The molecule has 0 aliphatic heterocycles. The van der Waals surface area contributed by atoms with Gasteiger partial charge in [0.05, 0.1) is 6.61 Å². The Morgan fingerprint density at radius 1 is 1.22 bits per heavy atom. The maximum Gasteiger partial charge on any atom is 0.0587 e. The molecule has 0 spiro atoms. The smallest absolute Gasteiger partial charge is 0.0587 e. The number of aliphatic hydroxyl groups is 1. The highest BCUT2D eigenvalue weighted by atomic mass is 16.3. The molecular formula is C16H27NO. The van der Waals surface area contributed by atoms with Crippen molar-refractivity contribution in [3.8, 4) is 0 Å². The van der Waals surface area contributed by atoms with Gasteiger partial charge in [0.15, 0.2) is 0 Å². The van der Waals surface area contributed by atoms with E-state index in [1.807, 2.05) is 0 Å². The van der Waals surface area contributed by atoms with Crippen LogP contribution >= 0.6 is 0 Å². The average molecular weight is 249 g/mol. The summed E-state index contributed by atoms with van der Waals surface area (Å²) >= 11 is 0. The Balaban J connectivity index is 2.39. The second kappa shape index (κ2) is 7.55. The lowest BCUT2D eigenvalue weighted by Crippen LogP contribution is -2.42. The van der Waals surface area contributed by atoms with Crippen molar-refractivity contribution in [2.75, 3.05) is 6.61 Å². The van der Waals surface area contributed by atoms with Crippen molar-refractivity contribution in [3.05, 3.63) is 35.4 Å². The van der Waals surface area contributed by atoms with Crippen LogP contribution in [0.4, 0.5) is 0 Å². The zero-order chi connectivity index (χ0) is 13.5. The average Bonchev–Trinajstić information content (AvgIpc) is 2.33. The van der Waals surface area contributed by atoms with E-state index in [2.05, 4.69) is 57.3 Å². The molecule has 1 aromatic carbocycles. The van der Waals surface area contributed by atoms with Gasteiger partial charge in [-0.2, -0.15) is 0 Å². The lowest BCUT2D eigenvalue weighted by atomic mass is 10.0. The van der Waals surface area contributed by atoms with Crippen molar-refractivity contribution < 1.29 is 5.11 Å². The highest BCUT2D eigenvalue weighted by molar-refractivity contribution is 5.22. The molecule has 102 valence electrons. The van der Waals surface area contributed by atoms with Crippen molar-refractivity contribution in [1.82, 2.24) is 5.32 Å². The van der Waals surface area contributed by atoms with Crippen molar-refractivity contribution in [2.24, 2.45) is 5.92 Å². The van der Waals surface area contributed by atoms with E-state index in [9.17, 15) is 5.11 Å². The molecule has 18 heavy (non-hydrogen) atoms. The van der Waals surface area contributed by atoms with Crippen molar-refractivity contribution in [1.29, 1.82) is 0 Å². The fourth-order valence-electron chi connectivity index (χ4n) is 2.16. The molecule has 0 aromatic heterocycles. The normalized spacial score (nSPS) is 14.8. The number of aliphatic hydroxyl groups excluding tert-OH is 1. The molecule has 1 unspecified atom stereocenters. The van der Waals surface area contributed by atoms with Gasteiger partial charge < -0.3 is 10.4 Å². The molecule has 0 saturated heterocycles. The van der Waals surface area contributed by atoms with Crippen LogP contribution in [0.25, 0.3) is 0 Å². The Kier molecular flexibility index (Phi) is 6.37. The van der Waals surface area contributed by atoms with Crippen LogP contribution in [-0.2, 0) is 6.42 Å². The van der Waals surface area contributed by atoms with E-state index in [4.69, 9.17) is 0 Å². The van der Waals surface area contributed by atoms with Gasteiger partial charge in [-0.05, 0) is 38.2 Å². The van der Waals surface area contributed by atoms with Crippen LogP contribution in [-0.4, -0.2) is 23.8 Å². The SMILES string of the molecule is Cc1cccc(CCC(C)N[C@H](CO)C(C)C)c1. The summed E-state index contributed by atoms with van der Waals surface area (Å²) in [7, 11) is 0. The van der Waals surface area contributed by atoms with E-state index in [1.54, 1.807) is 0 Å². The Bertz CT molecular complexity index is 349. The molecule has 2 heteroatoms. The van der Waals surface area contributed by atoms with E-state index in [0.29, 0.717) is 12.0 Å². The Hall–Kier alpha value is -0.860. The summed E-state index contributed by atoms with van der Waals surface area (Å²) < 4.78 is 0. The molecule has 0 aliphatic carbocycles. The first-order valence-corrected chi connectivity index (χ1v) is 6.95. The highest BCUT2D eigenvalue weighted by Crippen LogP contribution is 2.09. The molecule has 0 fully saturated rings. The molecule has 0 radical (unpaired) electrons. The lowest BCUT2D eigenvalue weighted by Gasteiger charge is -2.24. The van der Waals surface area contributed by atoms with Gasteiger partial charge in [0.25, 0.3) is 0 Å². The first kappa shape index (κ1) is 15.2. The van der Waals surface area contributed by atoms with Crippen molar-refractivity contribution in [2.45, 2.75) is 52.6 Å². The number of hydrogen-bond donors (Lipinski definition) is 2. The van der Waals surface area contributed by atoms with E-state index in [0.717, 1.165) is 12.8 Å². The van der Waals surface area contributed by atoms with Crippen LogP contribution < -0.4 is 5.32 Å². The van der Waals surface area contributed by atoms with Gasteiger partial charge in [0.1, 0.15) is 0 Å². The fourth-order valence-corrected chi connectivity index (χ4v) is 2.16. The second-order valence-corrected chi connectivity index (χ2v) is 5.63. The van der Waals surface area contributed by atoms with Gasteiger partial charge in [0.2, 0.25) is 0 Å². The number of rotatable bonds is 7. The summed E-state index contributed by atoms with van der Waals surface area (Å²) in [6, 6.07) is 9.33. The van der Waals surface area contributed by atoms with Crippen LogP contribution in [0.15, 0.2) is 24.3 Å². The molecule has 0 bridgehead atoms. The molecule has 2 N–H and O–H groups in total. The lowest BCUT2D eigenvalue weighted by molar-refractivity contribution is 0.199. The minimum Gasteiger partial charge on any atom is -0.395 e. The Morgan fingerprint density at radius 2 is 1.94 bits per heavy atom. The summed E-state index contributed by atoms with van der Waals surface area (Å²) in [5.41, 5.74) is 2.72. The molecule has 0 amide bonds. The zero-order valence-corrected chi connectivity index (χ0v) is 12.1. The molecule has 0 saturated carbocycles. The van der Waals surface area contributed by atoms with Crippen LogP contribution in [0.5, 0.6) is 0 Å². The Morgan fingerprint density at radius 3 is 2.50 bits per heavy atom.